The molecule has 2 aromatic rings. The molecule has 2 amide bonds. The molecule has 1 aliphatic rings. The largest absolute Gasteiger partial charge is 0.353 e. The zero-order valence-corrected chi connectivity index (χ0v) is 17.1. The number of nitrogens with zero attached hydrogens (tertiary/aromatic N) is 3. The highest BCUT2D eigenvalue weighted by Crippen LogP contribution is 2.21. The monoisotopic (exact) mass is 383 g/mol. The number of nitrogens with one attached hydrogen (secondary N) is 2. The van der Waals surface area contributed by atoms with Crippen LogP contribution in [0, 0.1) is 0 Å². The molecule has 6 heteroatoms. The number of carbonyl (C=O) groups excluding carboxylic acids is 1. The number of likely N-dealkylation sites (N-methyl/N-ethyl adjacent to an activating group) is 1. The molecule has 2 heterocycles. The minimum Gasteiger partial charge on any atom is -0.353 e. The molecule has 1 unspecified atom stereocenters. The van der Waals surface area contributed by atoms with Crippen molar-refractivity contribution in [1.29, 1.82) is 0 Å². The van der Waals surface area contributed by atoms with Crippen LogP contribution in [0.3, 0.4) is 0 Å². The summed E-state index contributed by atoms with van der Waals surface area (Å²) in [5.74, 6) is 0. The van der Waals surface area contributed by atoms with Crippen molar-refractivity contribution in [3.63, 3.8) is 0 Å². The lowest BCUT2D eigenvalue weighted by molar-refractivity contribution is 0.108. The van der Waals surface area contributed by atoms with E-state index < -0.39 is 0 Å². The number of aryl methyl sites for hydroxylation is 2. The predicted octanol–water partition coefficient (Wildman–Crippen LogP) is 2.25. The van der Waals surface area contributed by atoms with E-state index in [-0.39, 0.29) is 12.1 Å². The van der Waals surface area contributed by atoms with Crippen molar-refractivity contribution in [2.45, 2.75) is 18.9 Å². The third-order valence-corrected chi connectivity index (χ3v) is 5.53. The molecule has 1 atom stereocenters. The molecular weight excluding hydrogens is 350 g/mol. The van der Waals surface area contributed by atoms with Gasteiger partial charge in [0.25, 0.3) is 0 Å². The second kappa shape index (κ2) is 10.3. The summed E-state index contributed by atoms with van der Waals surface area (Å²) in [7, 11) is 4.23. The number of rotatable bonds is 8. The predicted molar refractivity (Wildman–Crippen MR) is 113 cm³/mol. The van der Waals surface area contributed by atoms with Crippen LogP contribution in [0.5, 0.6) is 0 Å². The average Bonchev–Trinajstić information content (AvgIpc) is 3.13. The lowest BCUT2D eigenvalue weighted by Gasteiger charge is -2.38. The summed E-state index contributed by atoms with van der Waals surface area (Å²) in [6.45, 7) is 5.47. The standard InChI is InChI=1S/C22H33N5O/c1-25-14-16-27(17-15-25)21(20-11-7-13-26(20)2)18-24-22(28)23-12-6-10-19-8-4-3-5-9-19/h3-5,7-9,11,13,21H,6,10,12,14-18H2,1-2H3,(H2,23,24,28). The third-order valence-electron chi connectivity index (χ3n) is 5.53. The lowest BCUT2D eigenvalue weighted by Crippen LogP contribution is -2.49. The fraction of sp³-hybridized carbons (Fsp3) is 0.500. The van der Waals surface area contributed by atoms with Crippen LogP contribution in [0.25, 0.3) is 0 Å². The van der Waals surface area contributed by atoms with Gasteiger partial charge in [-0.15, -0.1) is 0 Å². The fourth-order valence-corrected chi connectivity index (χ4v) is 3.77. The molecule has 1 aliphatic heterocycles. The van der Waals surface area contributed by atoms with Crippen LogP contribution in [0.4, 0.5) is 4.79 Å². The van der Waals surface area contributed by atoms with Gasteiger partial charge in [-0.2, -0.15) is 0 Å². The van der Waals surface area contributed by atoms with Gasteiger partial charge >= 0.3 is 6.03 Å². The Labute approximate surface area is 168 Å². The molecule has 1 aromatic carbocycles. The Morgan fingerprint density at radius 1 is 1.00 bits per heavy atom. The summed E-state index contributed by atoms with van der Waals surface area (Å²) in [6, 6.07) is 14.7. The second-order valence-corrected chi connectivity index (χ2v) is 7.62. The zero-order valence-electron chi connectivity index (χ0n) is 17.1. The maximum absolute atomic E-state index is 12.3. The van der Waals surface area contributed by atoms with Crippen molar-refractivity contribution >= 4 is 6.03 Å². The molecule has 28 heavy (non-hydrogen) atoms. The van der Waals surface area contributed by atoms with E-state index in [9.17, 15) is 4.79 Å². The van der Waals surface area contributed by atoms with Gasteiger partial charge in [0.1, 0.15) is 0 Å². The van der Waals surface area contributed by atoms with Crippen molar-refractivity contribution in [3.8, 4) is 0 Å². The SMILES string of the molecule is CN1CCN(C(CNC(=O)NCCCc2ccccc2)c2cccn2C)CC1. The van der Waals surface area contributed by atoms with Crippen LogP contribution in [0.1, 0.15) is 23.7 Å². The van der Waals surface area contributed by atoms with Crippen molar-refractivity contribution in [3.05, 3.63) is 59.9 Å². The van der Waals surface area contributed by atoms with Crippen LogP contribution in [0.15, 0.2) is 48.7 Å². The van der Waals surface area contributed by atoms with Gasteiger partial charge in [0.15, 0.2) is 0 Å². The Balaban J connectivity index is 1.46. The normalized spacial score (nSPS) is 16.6. The van der Waals surface area contributed by atoms with Gasteiger partial charge < -0.3 is 20.1 Å². The van der Waals surface area contributed by atoms with Crippen LogP contribution in [0.2, 0.25) is 0 Å². The Hall–Kier alpha value is -2.31. The number of aromatic nitrogens is 1. The van der Waals surface area contributed by atoms with E-state index >= 15 is 0 Å². The van der Waals surface area contributed by atoms with Crippen molar-refractivity contribution < 1.29 is 4.79 Å². The summed E-state index contributed by atoms with van der Waals surface area (Å²) in [4.78, 5) is 17.1. The minimum absolute atomic E-state index is 0.0820. The Kier molecular flexibility index (Phi) is 7.51. The van der Waals surface area contributed by atoms with Crippen LogP contribution < -0.4 is 10.6 Å². The molecule has 0 radical (unpaired) electrons. The van der Waals surface area contributed by atoms with Crippen LogP contribution in [-0.4, -0.2) is 66.7 Å². The van der Waals surface area contributed by atoms with E-state index in [0.717, 1.165) is 39.0 Å². The number of benzene rings is 1. The molecule has 1 aromatic heterocycles. The maximum Gasteiger partial charge on any atom is 0.314 e. The first-order chi connectivity index (χ1) is 13.6. The van der Waals surface area contributed by atoms with Gasteiger partial charge in [-0.05, 0) is 37.6 Å². The van der Waals surface area contributed by atoms with Crippen molar-refractivity contribution in [2.24, 2.45) is 7.05 Å². The third kappa shape index (κ3) is 5.84. The van der Waals surface area contributed by atoms with Gasteiger partial charge in [-0.25, -0.2) is 4.79 Å². The molecular formula is C22H33N5O. The minimum atomic E-state index is -0.0820. The number of hydrogen-bond acceptors (Lipinski definition) is 3. The van der Waals surface area contributed by atoms with Gasteiger partial charge in [0.05, 0.1) is 6.04 Å². The number of urea groups is 1. The number of hydrogen-bond donors (Lipinski definition) is 2. The summed E-state index contributed by atoms with van der Waals surface area (Å²) in [5, 5.41) is 6.08. The average molecular weight is 384 g/mol. The van der Waals surface area contributed by atoms with E-state index in [2.05, 4.69) is 81.7 Å². The molecule has 0 spiro atoms. The Morgan fingerprint density at radius 2 is 1.75 bits per heavy atom. The van der Waals surface area contributed by atoms with Gasteiger partial charge in [0.2, 0.25) is 0 Å². The Morgan fingerprint density at radius 3 is 2.43 bits per heavy atom. The van der Waals surface area contributed by atoms with E-state index in [1.165, 1.54) is 11.3 Å². The first kappa shape index (κ1) is 20.4. The molecule has 2 N–H and O–H groups in total. The number of amides is 2. The highest BCUT2D eigenvalue weighted by Gasteiger charge is 2.25. The highest BCUT2D eigenvalue weighted by molar-refractivity contribution is 5.73. The quantitative estimate of drug-likeness (QED) is 0.688. The fourth-order valence-electron chi connectivity index (χ4n) is 3.77. The molecule has 6 nitrogen and oxygen atoms in total. The van der Waals surface area contributed by atoms with Gasteiger partial charge in [-0.1, -0.05) is 30.3 Å². The molecule has 152 valence electrons. The van der Waals surface area contributed by atoms with Crippen LogP contribution in [-0.2, 0) is 13.5 Å². The summed E-state index contributed by atoms with van der Waals surface area (Å²) in [6.07, 6.45) is 3.99. The zero-order chi connectivity index (χ0) is 19.8. The van der Waals surface area contributed by atoms with Gasteiger partial charge in [0, 0.05) is 58.2 Å². The second-order valence-electron chi connectivity index (χ2n) is 7.62. The van der Waals surface area contributed by atoms with E-state index in [0.29, 0.717) is 13.1 Å². The van der Waals surface area contributed by atoms with E-state index in [1.54, 1.807) is 0 Å². The van der Waals surface area contributed by atoms with E-state index in [4.69, 9.17) is 0 Å². The molecule has 1 saturated heterocycles. The van der Waals surface area contributed by atoms with Gasteiger partial charge in [-0.3, -0.25) is 4.90 Å². The highest BCUT2D eigenvalue weighted by atomic mass is 16.2. The molecule has 1 fully saturated rings. The number of carbonyl (C=O) groups is 1. The first-order valence-corrected chi connectivity index (χ1v) is 10.2. The first-order valence-electron chi connectivity index (χ1n) is 10.2. The van der Waals surface area contributed by atoms with E-state index in [1.807, 2.05) is 6.07 Å². The summed E-state index contributed by atoms with van der Waals surface area (Å²) >= 11 is 0. The smallest absolute Gasteiger partial charge is 0.314 e. The van der Waals surface area contributed by atoms with Crippen LogP contribution >= 0.6 is 0 Å². The molecule has 0 saturated carbocycles. The topological polar surface area (TPSA) is 52.5 Å². The lowest BCUT2D eigenvalue weighted by atomic mass is 10.1. The number of piperazine rings is 1. The molecule has 3 rings (SSSR count). The Bertz CT molecular complexity index is 722. The van der Waals surface area contributed by atoms with Crippen molar-refractivity contribution in [1.82, 2.24) is 25.0 Å². The summed E-state index contributed by atoms with van der Waals surface area (Å²) < 4.78 is 2.16. The molecule has 0 aliphatic carbocycles. The van der Waals surface area contributed by atoms with Crippen molar-refractivity contribution in [2.75, 3.05) is 46.3 Å². The molecule has 0 bridgehead atoms. The summed E-state index contributed by atoms with van der Waals surface area (Å²) in [5.41, 5.74) is 2.55. The maximum atomic E-state index is 12.3.